The van der Waals surface area contributed by atoms with Gasteiger partial charge in [0.05, 0.1) is 24.6 Å². The average Bonchev–Trinajstić information content (AvgIpc) is 2.73. The van der Waals surface area contributed by atoms with Crippen LogP contribution in [0.5, 0.6) is 11.5 Å². The van der Waals surface area contributed by atoms with Gasteiger partial charge in [0, 0.05) is 0 Å². The fraction of sp³-hybridized carbons (Fsp3) is 0.136. The zero-order chi connectivity index (χ0) is 20.7. The van der Waals surface area contributed by atoms with Crippen LogP contribution in [0, 0.1) is 0 Å². The van der Waals surface area contributed by atoms with E-state index in [9.17, 15) is 13.2 Å². The van der Waals surface area contributed by atoms with Crippen LogP contribution >= 0.6 is 0 Å². The highest BCUT2D eigenvalue weighted by atomic mass is 19.4. The molecule has 7 heteroatoms. The Balaban J connectivity index is 1.65. The van der Waals surface area contributed by atoms with Crippen LogP contribution in [0.1, 0.15) is 16.7 Å². The molecule has 0 radical (unpaired) electrons. The first-order chi connectivity index (χ1) is 14.0. The summed E-state index contributed by atoms with van der Waals surface area (Å²) in [7, 11) is 1.56. The smallest absolute Gasteiger partial charge is 0.416 e. The van der Waals surface area contributed by atoms with E-state index >= 15 is 0 Å². The summed E-state index contributed by atoms with van der Waals surface area (Å²) in [6, 6.07) is 19.7. The Labute approximate surface area is 166 Å². The SMILES string of the molecule is COc1ccc(C=NNc2ccc(C(F)(F)F)cc2)cc1OCc1ccccc1. The molecule has 29 heavy (non-hydrogen) atoms. The molecule has 0 amide bonds. The van der Waals surface area contributed by atoms with Crippen LogP contribution in [0.25, 0.3) is 0 Å². The van der Waals surface area contributed by atoms with Crippen molar-refractivity contribution in [3.8, 4) is 11.5 Å². The van der Waals surface area contributed by atoms with Crippen LogP contribution in [-0.4, -0.2) is 13.3 Å². The molecule has 0 bridgehead atoms. The maximum atomic E-state index is 12.6. The monoisotopic (exact) mass is 400 g/mol. The molecule has 0 heterocycles. The summed E-state index contributed by atoms with van der Waals surface area (Å²) in [4.78, 5) is 0. The van der Waals surface area contributed by atoms with Crippen LogP contribution in [0.15, 0.2) is 77.9 Å². The highest BCUT2D eigenvalue weighted by molar-refractivity contribution is 5.81. The second kappa shape index (κ2) is 9.14. The van der Waals surface area contributed by atoms with Crippen molar-refractivity contribution in [2.24, 2.45) is 5.10 Å². The molecule has 0 saturated carbocycles. The van der Waals surface area contributed by atoms with Crippen molar-refractivity contribution in [2.45, 2.75) is 12.8 Å². The summed E-state index contributed by atoms with van der Waals surface area (Å²) in [6.45, 7) is 0.390. The number of hydrogen-bond donors (Lipinski definition) is 1. The van der Waals surface area contributed by atoms with Crippen LogP contribution in [0.2, 0.25) is 0 Å². The second-order valence-electron chi connectivity index (χ2n) is 6.13. The first-order valence-electron chi connectivity index (χ1n) is 8.77. The summed E-state index contributed by atoms with van der Waals surface area (Å²) in [5.41, 5.74) is 4.22. The summed E-state index contributed by atoms with van der Waals surface area (Å²) in [5, 5.41) is 4.07. The number of rotatable bonds is 7. The van der Waals surface area contributed by atoms with Gasteiger partial charge in [-0.15, -0.1) is 0 Å². The first kappa shape index (κ1) is 20.3. The van der Waals surface area contributed by atoms with E-state index in [1.54, 1.807) is 31.5 Å². The van der Waals surface area contributed by atoms with E-state index in [-0.39, 0.29) is 0 Å². The molecule has 3 aromatic carbocycles. The van der Waals surface area contributed by atoms with Crippen molar-refractivity contribution in [3.63, 3.8) is 0 Å². The summed E-state index contributed by atoms with van der Waals surface area (Å²) in [6.07, 6.45) is -2.81. The Hall–Kier alpha value is -3.48. The van der Waals surface area contributed by atoms with Crippen molar-refractivity contribution in [1.29, 1.82) is 0 Å². The predicted octanol–water partition coefficient (Wildman–Crippen LogP) is 5.74. The summed E-state index contributed by atoms with van der Waals surface area (Å²) >= 11 is 0. The van der Waals surface area contributed by atoms with Crippen molar-refractivity contribution in [2.75, 3.05) is 12.5 Å². The predicted molar refractivity (Wildman–Crippen MR) is 106 cm³/mol. The van der Waals surface area contributed by atoms with E-state index in [2.05, 4.69) is 10.5 Å². The van der Waals surface area contributed by atoms with Gasteiger partial charge in [0.1, 0.15) is 6.61 Å². The number of hydrogen-bond acceptors (Lipinski definition) is 4. The van der Waals surface area contributed by atoms with Gasteiger partial charge in [-0.2, -0.15) is 18.3 Å². The maximum absolute atomic E-state index is 12.6. The first-order valence-corrected chi connectivity index (χ1v) is 8.77. The Bertz CT molecular complexity index is 956. The molecule has 1 N–H and O–H groups in total. The molecular formula is C22H19F3N2O2. The highest BCUT2D eigenvalue weighted by Crippen LogP contribution is 2.30. The lowest BCUT2D eigenvalue weighted by molar-refractivity contribution is -0.137. The molecule has 150 valence electrons. The van der Waals surface area contributed by atoms with Crippen LogP contribution in [0.4, 0.5) is 18.9 Å². The van der Waals surface area contributed by atoms with Crippen molar-refractivity contribution in [1.82, 2.24) is 0 Å². The van der Waals surface area contributed by atoms with Crippen molar-refractivity contribution >= 4 is 11.9 Å². The van der Waals surface area contributed by atoms with E-state index in [1.807, 2.05) is 30.3 Å². The van der Waals surface area contributed by atoms with E-state index in [4.69, 9.17) is 9.47 Å². The molecule has 0 saturated heterocycles. The zero-order valence-corrected chi connectivity index (χ0v) is 15.6. The number of benzene rings is 3. The minimum absolute atomic E-state index is 0.390. The van der Waals surface area contributed by atoms with E-state index in [1.165, 1.54) is 12.1 Å². The number of halogens is 3. The molecule has 0 unspecified atom stereocenters. The summed E-state index contributed by atoms with van der Waals surface area (Å²) < 4.78 is 49.0. The van der Waals surface area contributed by atoms with Crippen molar-refractivity contribution < 1.29 is 22.6 Å². The van der Waals surface area contributed by atoms with Gasteiger partial charge in [-0.25, -0.2) is 0 Å². The van der Waals surface area contributed by atoms with Gasteiger partial charge in [0.25, 0.3) is 0 Å². The van der Waals surface area contributed by atoms with Gasteiger partial charge in [-0.05, 0) is 53.6 Å². The van der Waals surface area contributed by atoms with E-state index in [0.29, 0.717) is 23.8 Å². The molecule has 4 nitrogen and oxygen atoms in total. The molecule has 0 aliphatic rings. The molecule has 3 rings (SSSR count). The van der Waals surface area contributed by atoms with Crippen LogP contribution in [0.3, 0.4) is 0 Å². The fourth-order valence-corrected chi connectivity index (χ4v) is 2.54. The lowest BCUT2D eigenvalue weighted by Crippen LogP contribution is -2.04. The molecular weight excluding hydrogens is 381 g/mol. The van der Waals surface area contributed by atoms with Crippen LogP contribution in [-0.2, 0) is 12.8 Å². The fourth-order valence-electron chi connectivity index (χ4n) is 2.54. The number of anilines is 1. The van der Waals surface area contributed by atoms with Gasteiger partial charge in [-0.1, -0.05) is 30.3 Å². The van der Waals surface area contributed by atoms with Gasteiger partial charge in [-0.3, -0.25) is 5.43 Å². The minimum atomic E-state index is -4.36. The third-order valence-corrected chi connectivity index (χ3v) is 4.04. The van der Waals surface area contributed by atoms with Gasteiger partial charge in [0.15, 0.2) is 11.5 Å². The largest absolute Gasteiger partial charge is 0.493 e. The minimum Gasteiger partial charge on any atom is -0.493 e. The van der Waals surface area contributed by atoms with Crippen molar-refractivity contribution in [3.05, 3.63) is 89.5 Å². The summed E-state index contributed by atoms with van der Waals surface area (Å²) in [5.74, 6) is 1.16. The molecule has 0 fully saturated rings. The average molecular weight is 400 g/mol. The topological polar surface area (TPSA) is 42.8 Å². The third kappa shape index (κ3) is 5.75. The zero-order valence-electron chi connectivity index (χ0n) is 15.6. The number of nitrogens with one attached hydrogen (secondary N) is 1. The Morgan fingerprint density at radius 3 is 2.31 bits per heavy atom. The standard InChI is InChI=1S/C22H19F3N2O2/c1-28-20-12-7-17(13-21(20)29-15-16-5-3-2-4-6-16)14-26-27-19-10-8-18(9-11-19)22(23,24)25/h2-14,27H,15H2,1H3. The Morgan fingerprint density at radius 2 is 1.66 bits per heavy atom. The number of hydrazone groups is 1. The molecule has 0 spiro atoms. The Morgan fingerprint density at radius 1 is 0.931 bits per heavy atom. The molecule has 0 aromatic heterocycles. The number of nitrogens with zero attached hydrogens (tertiary/aromatic N) is 1. The number of methoxy groups -OCH3 is 1. The second-order valence-corrected chi connectivity index (χ2v) is 6.13. The third-order valence-electron chi connectivity index (χ3n) is 4.04. The van der Waals surface area contributed by atoms with Gasteiger partial charge < -0.3 is 9.47 Å². The number of alkyl halides is 3. The maximum Gasteiger partial charge on any atom is 0.416 e. The Kier molecular flexibility index (Phi) is 6.39. The van der Waals surface area contributed by atoms with Gasteiger partial charge in [0.2, 0.25) is 0 Å². The van der Waals surface area contributed by atoms with E-state index < -0.39 is 11.7 Å². The quantitative estimate of drug-likeness (QED) is 0.406. The highest BCUT2D eigenvalue weighted by Gasteiger charge is 2.29. The lowest BCUT2D eigenvalue weighted by Gasteiger charge is -2.11. The van der Waals surface area contributed by atoms with Crippen LogP contribution < -0.4 is 14.9 Å². The molecule has 0 atom stereocenters. The van der Waals surface area contributed by atoms with Gasteiger partial charge >= 0.3 is 6.18 Å². The van der Waals surface area contributed by atoms with E-state index in [0.717, 1.165) is 23.3 Å². The normalized spacial score (nSPS) is 11.4. The molecule has 3 aromatic rings. The molecule has 0 aliphatic carbocycles. The molecule has 0 aliphatic heterocycles. The lowest BCUT2D eigenvalue weighted by atomic mass is 10.2. The number of ether oxygens (including phenoxy) is 2.